The van der Waals surface area contributed by atoms with E-state index in [0.29, 0.717) is 36.3 Å². The summed E-state index contributed by atoms with van der Waals surface area (Å²) in [5, 5.41) is 13.9. The molecule has 0 bridgehead atoms. The smallest absolute Gasteiger partial charge is 0.271 e. The van der Waals surface area contributed by atoms with E-state index in [0.717, 1.165) is 31.6 Å². The zero-order valence-corrected chi connectivity index (χ0v) is 17.1. The molecule has 0 saturated carbocycles. The van der Waals surface area contributed by atoms with Gasteiger partial charge >= 0.3 is 0 Å². The summed E-state index contributed by atoms with van der Waals surface area (Å²) in [5.41, 5.74) is 1.32. The molecule has 3 rings (SSSR count). The Hall–Kier alpha value is -2.45. The van der Waals surface area contributed by atoms with E-state index in [-0.39, 0.29) is 18.3 Å². The number of nitrogens with zero attached hydrogens (tertiary/aromatic N) is 2. The van der Waals surface area contributed by atoms with Gasteiger partial charge in [-0.25, -0.2) is 0 Å². The van der Waals surface area contributed by atoms with Crippen LogP contribution < -0.4 is 25.4 Å². The van der Waals surface area contributed by atoms with Gasteiger partial charge in [0.25, 0.3) is 5.91 Å². The number of carbonyl (C=O) groups is 1. The van der Waals surface area contributed by atoms with Crippen LogP contribution in [0, 0.1) is 0 Å². The van der Waals surface area contributed by atoms with Crippen molar-refractivity contribution >= 4 is 24.0 Å². The number of carbonyl (C=O) groups excluding carboxylic acids is 1. The Kier molecular flexibility index (Phi) is 8.41. The Morgan fingerprint density at radius 2 is 2.00 bits per heavy atom. The standard InChI is InChI=1S/C19H27N5O3.ClH/c1-26-16-10-14(11-17(12-16)27-2)21-7-8-22-19(25)18-5-9-24(23-18)15-4-3-6-20-13-15;/h5,9-12,15,20-21H,3-4,6-8,13H2,1-2H3,(H,22,25);1H. The highest BCUT2D eigenvalue weighted by atomic mass is 35.5. The number of nitrogens with one attached hydrogen (secondary N) is 3. The molecule has 3 N–H and O–H groups in total. The maximum atomic E-state index is 12.3. The second-order valence-electron chi connectivity index (χ2n) is 6.47. The number of methoxy groups -OCH3 is 2. The number of hydrogen-bond acceptors (Lipinski definition) is 6. The van der Waals surface area contributed by atoms with Crippen LogP contribution in [0.15, 0.2) is 30.5 Å². The monoisotopic (exact) mass is 409 g/mol. The molecule has 8 nitrogen and oxygen atoms in total. The molecule has 154 valence electrons. The topological polar surface area (TPSA) is 89.4 Å². The summed E-state index contributed by atoms with van der Waals surface area (Å²) in [6.07, 6.45) is 4.10. The number of aromatic nitrogens is 2. The molecule has 2 heterocycles. The molecular weight excluding hydrogens is 382 g/mol. The molecule has 1 atom stereocenters. The van der Waals surface area contributed by atoms with Crippen LogP contribution in [-0.2, 0) is 0 Å². The molecule has 1 saturated heterocycles. The summed E-state index contributed by atoms with van der Waals surface area (Å²) in [5.74, 6) is 1.26. The minimum Gasteiger partial charge on any atom is -0.497 e. The molecule has 1 aliphatic heterocycles. The summed E-state index contributed by atoms with van der Waals surface area (Å²) in [6, 6.07) is 7.66. The Morgan fingerprint density at radius 1 is 1.25 bits per heavy atom. The van der Waals surface area contributed by atoms with E-state index in [1.165, 1.54) is 0 Å². The Morgan fingerprint density at radius 3 is 2.64 bits per heavy atom. The van der Waals surface area contributed by atoms with Gasteiger partial charge in [-0.15, -0.1) is 12.4 Å². The maximum absolute atomic E-state index is 12.3. The predicted molar refractivity (Wildman–Crippen MR) is 111 cm³/mol. The van der Waals surface area contributed by atoms with Gasteiger partial charge in [-0.05, 0) is 25.5 Å². The van der Waals surface area contributed by atoms with Gasteiger partial charge < -0.3 is 25.4 Å². The van der Waals surface area contributed by atoms with Crippen molar-refractivity contribution in [3.63, 3.8) is 0 Å². The first-order valence-corrected chi connectivity index (χ1v) is 9.20. The number of rotatable bonds is 8. The number of benzene rings is 1. The average Bonchev–Trinajstić information content (AvgIpc) is 3.22. The van der Waals surface area contributed by atoms with E-state index < -0.39 is 0 Å². The first kappa shape index (κ1) is 21.8. The van der Waals surface area contributed by atoms with E-state index in [2.05, 4.69) is 21.0 Å². The van der Waals surface area contributed by atoms with Crippen LogP contribution >= 0.6 is 12.4 Å². The lowest BCUT2D eigenvalue weighted by Crippen LogP contribution is -2.32. The number of hydrogen-bond donors (Lipinski definition) is 3. The van der Waals surface area contributed by atoms with Crippen LogP contribution in [-0.4, -0.2) is 56.1 Å². The molecule has 28 heavy (non-hydrogen) atoms. The van der Waals surface area contributed by atoms with Crippen molar-refractivity contribution in [3.8, 4) is 11.5 Å². The number of anilines is 1. The molecule has 9 heteroatoms. The van der Waals surface area contributed by atoms with E-state index in [9.17, 15) is 4.79 Å². The molecule has 1 aromatic heterocycles. The summed E-state index contributed by atoms with van der Waals surface area (Å²) < 4.78 is 12.4. The third kappa shape index (κ3) is 5.77. The minimum absolute atomic E-state index is 0. The molecular formula is C19H28ClN5O3. The highest BCUT2D eigenvalue weighted by molar-refractivity contribution is 5.92. The van der Waals surface area contributed by atoms with Crippen molar-refractivity contribution in [2.24, 2.45) is 0 Å². The summed E-state index contributed by atoms with van der Waals surface area (Å²) in [6.45, 7) is 3.01. The van der Waals surface area contributed by atoms with Crippen molar-refractivity contribution in [2.75, 3.05) is 45.7 Å². The largest absolute Gasteiger partial charge is 0.497 e. The van der Waals surface area contributed by atoms with Crippen LogP contribution in [0.1, 0.15) is 29.4 Å². The maximum Gasteiger partial charge on any atom is 0.271 e. The zero-order valence-electron chi connectivity index (χ0n) is 16.2. The molecule has 1 unspecified atom stereocenters. The third-order valence-corrected chi connectivity index (χ3v) is 4.58. The first-order valence-electron chi connectivity index (χ1n) is 9.20. The molecule has 1 fully saturated rings. The fraction of sp³-hybridized carbons (Fsp3) is 0.474. The molecule has 0 spiro atoms. The minimum atomic E-state index is -0.164. The van der Waals surface area contributed by atoms with E-state index in [1.54, 1.807) is 20.3 Å². The van der Waals surface area contributed by atoms with Crippen LogP contribution in [0.2, 0.25) is 0 Å². The Labute approximate surface area is 171 Å². The highest BCUT2D eigenvalue weighted by Gasteiger charge is 2.17. The van der Waals surface area contributed by atoms with Gasteiger partial charge in [0, 0.05) is 49.7 Å². The van der Waals surface area contributed by atoms with Gasteiger partial charge in [0.05, 0.1) is 20.3 Å². The summed E-state index contributed by atoms with van der Waals surface area (Å²) >= 11 is 0. The van der Waals surface area contributed by atoms with Gasteiger partial charge in [0.2, 0.25) is 0 Å². The molecule has 1 aliphatic rings. The molecule has 1 amide bonds. The van der Waals surface area contributed by atoms with Gasteiger partial charge in [0.1, 0.15) is 17.2 Å². The van der Waals surface area contributed by atoms with Crippen molar-refractivity contribution in [3.05, 3.63) is 36.2 Å². The average molecular weight is 410 g/mol. The highest BCUT2D eigenvalue weighted by Crippen LogP contribution is 2.25. The van der Waals surface area contributed by atoms with Crippen LogP contribution in [0.3, 0.4) is 0 Å². The second kappa shape index (κ2) is 10.8. The number of halogens is 1. The lowest BCUT2D eigenvalue weighted by molar-refractivity contribution is 0.0949. The normalized spacial score (nSPS) is 16.0. The summed E-state index contributed by atoms with van der Waals surface area (Å²) in [4.78, 5) is 12.3. The SMILES string of the molecule is COc1cc(NCCNC(=O)c2ccn(C3CCCNC3)n2)cc(OC)c1.Cl. The van der Waals surface area contributed by atoms with Crippen LogP contribution in [0.5, 0.6) is 11.5 Å². The zero-order chi connectivity index (χ0) is 19.1. The number of ether oxygens (including phenoxy) is 2. The molecule has 0 radical (unpaired) electrons. The third-order valence-electron chi connectivity index (χ3n) is 4.58. The van der Waals surface area contributed by atoms with Gasteiger partial charge in [-0.2, -0.15) is 5.10 Å². The number of amides is 1. The van der Waals surface area contributed by atoms with Gasteiger partial charge in [-0.1, -0.05) is 0 Å². The number of piperidine rings is 1. The summed E-state index contributed by atoms with van der Waals surface area (Å²) in [7, 11) is 3.22. The Bertz CT molecular complexity index is 740. The van der Waals surface area contributed by atoms with Gasteiger partial charge in [-0.3, -0.25) is 9.48 Å². The fourth-order valence-electron chi connectivity index (χ4n) is 3.10. The predicted octanol–water partition coefficient (Wildman–Crippen LogP) is 2.09. The van der Waals surface area contributed by atoms with Crippen molar-refractivity contribution < 1.29 is 14.3 Å². The van der Waals surface area contributed by atoms with E-state index in [4.69, 9.17) is 9.47 Å². The van der Waals surface area contributed by atoms with E-state index >= 15 is 0 Å². The van der Waals surface area contributed by atoms with Crippen molar-refractivity contribution in [1.82, 2.24) is 20.4 Å². The van der Waals surface area contributed by atoms with Crippen LogP contribution in [0.25, 0.3) is 0 Å². The fourth-order valence-corrected chi connectivity index (χ4v) is 3.10. The lowest BCUT2D eigenvalue weighted by atomic mass is 10.1. The second-order valence-corrected chi connectivity index (χ2v) is 6.47. The lowest BCUT2D eigenvalue weighted by Gasteiger charge is -2.22. The Balaban J connectivity index is 0.00000280. The molecule has 0 aliphatic carbocycles. The quantitative estimate of drug-likeness (QED) is 0.578. The van der Waals surface area contributed by atoms with Crippen LogP contribution in [0.4, 0.5) is 5.69 Å². The van der Waals surface area contributed by atoms with E-state index in [1.807, 2.05) is 29.1 Å². The molecule has 1 aromatic carbocycles. The van der Waals surface area contributed by atoms with Gasteiger partial charge in [0.15, 0.2) is 0 Å². The first-order chi connectivity index (χ1) is 13.2. The van der Waals surface area contributed by atoms with Crippen molar-refractivity contribution in [2.45, 2.75) is 18.9 Å². The molecule has 2 aromatic rings. The van der Waals surface area contributed by atoms with Crippen molar-refractivity contribution in [1.29, 1.82) is 0 Å².